The van der Waals surface area contributed by atoms with E-state index in [1.807, 2.05) is 36.4 Å². The number of hydrogen-bond acceptors (Lipinski definition) is 4. The van der Waals surface area contributed by atoms with Crippen LogP contribution in [0.4, 0.5) is 5.69 Å². The molecule has 0 saturated carbocycles. The molecule has 150 valence electrons. The zero-order valence-corrected chi connectivity index (χ0v) is 18.2. The fraction of sp³-hybridized carbons (Fsp3) is 0.0435. The van der Waals surface area contributed by atoms with Crippen molar-refractivity contribution in [3.05, 3.63) is 81.8 Å². The Kier molecular flexibility index (Phi) is 5.88. The molecule has 0 radical (unpaired) electrons. The zero-order valence-electron chi connectivity index (χ0n) is 15.9. The third kappa shape index (κ3) is 4.56. The fourth-order valence-corrected chi connectivity index (χ4v) is 3.41. The van der Waals surface area contributed by atoms with Crippen molar-refractivity contribution in [1.29, 1.82) is 0 Å². The van der Waals surface area contributed by atoms with Crippen LogP contribution < -0.4 is 10.1 Å². The van der Waals surface area contributed by atoms with E-state index in [9.17, 15) is 4.79 Å². The van der Waals surface area contributed by atoms with Crippen molar-refractivity contribution in [2.75, 3.05) is 12.4 Å². The van der Waals surface area contributed by atoms with Crippen LogP contribution >= 0.6 is 27.5 Å². The van der Waals surface area contributed by atoms with E-state index >= 15 is 0 Å². The first-order valence-corrected chi connectivity index (χ1v) is 10.2. The number of carbonyl (C=O) groups is 1. The van der Waals surface area contributed by atoms with E-state index in [1.54, 1.807) is 37.5 Å². The number of hydrogen-bond donors (Lipinski definition) is 1. The molecule has 1 heterocycles. The largest absolute Gasteiger partial charge is 0.497 e. The van der Waals surface area contributed by atoms with Gasteiger partial charge < -0.3 is 14.5 Å². The number of methoxy groups -OCH3 is 1. The van der Waals surface area contributed by atoms with Crippen molar-refractivity contribution >= 4 is 56.3 Å². The van der Waals surface area contributed by atoms with Gasteiger partial charge in [0.1, 0.15) is 11.3 Å². The second kappa shape index (κ2) is 8.73. The highest BCUT2D eigenvalue weighted by molar-refractivity contribution is 9.10. The highest BCUT2D eigenvalue weighted by atomic mass is 79.9. The summed E-state index contributed by atoms with van der Waals surface area (Å²) in [6.45, 7) is 0. The van der Waals surface area contributed by atoms with E-state index in [2.05, 4.69) is 26.2 Å². The summed E-state index contributed by atoms with van der Waals surface area (Å²) < 4.78 is 11.8. The number of fused-ring (bicyclic) bond motifs is 1. The summed E-state index contributed by atoms with van der Waals surface area (Å²) in [4.78, 5) is 16.8. The molecule has 30 heavy (non-hydrogen) atoms. The molecule has 0 atom stereocenters. The van der Waals surface area contributed by atoms with E-state index in [4.69, 9.17) is 20.8 Å². The average Bonchev–Trinajstić information content (AvgIpc) is 3.17. The minimum Gasteiger partial charge on any atom is -0.497 e. The molecule has 1 N–H and O–H groups in total. The Morgan fingerprint density at radius 1 is 1.13 bits per heavy atom. The number of nitrogens with one attached hydrogen (secondary N) is 1. The van der Waals surface area contributed by atoms with Crippen LogP contribution in [0.25, 0.3) is 28.6 Å². The summed E-state index contributed by atoms with van der Waals surface area (Å²) >= 11 is 9.69. The van der Waals surface area contributed by atoms with Crippen molar-refractivity contribution in [2.45, 2.75) is 0 Å². The third-order valence-corrected chi connectivity index (χ3v) is 5.18. The van der Waals surface area contributed by atoms with Gasteiger partial charge in [-0.3, -0.25) is 4.79 Å². The summed E-state index contributed by atoms with van der Waals surface area (Å²) in [6.07, 6.45) is 3.21. The molecular weight excluding hydrogens is 468 g/mol. The van der Waals surface area contributed by atoms with Gasteiger partial charge in [0.15, 0.2) is 5.58 Å². The summed E-state index contributed by atoms with van der Waals surface area (Å²) in [5.74, 6) is 0.934. The molecule has 4 rings (SSSR count). The van der Waals surface area contributed by atoms with Gasteiger partial charge in [0, 0.05) is 16.2 Å². The lowest BCUT2D eigenvalue weighted by atomic mass is 10.2. The molecule has 0 fully saturated rings. The lowest BCUT2D eigenvalue weighted by molar-refractivity contribution is -0.111. The van der Waals surface area contributed by atoms with Crippen molar-refractivity contribution in [2.24, 2.45) is 0 Å². The number of ether oxygens (including phenoxy) is 1. The van der Waals surface area contributed by atoms with Crippen molar-refractivity contribution in [1.82, 2.24) is 4.98 Å². The quantitative estimate of drug-likeness (QED) is 0.326. The number of anilines is 1. The topological polar surface area (TPSA) is 64.4 Å². The number of nitrogens with zero attached hydrogens (tertiary/aromatic N) is 1. The molecule has 1 amide bonds. The van der Waals surface area contributed by atoms with Crippen molar-refractivity contribution < 1.29 is 13.9 Å². The highest BCUT2D eigenvalue weighted by Gasteiger charge is 2.13. The van der Waals surface area contributed by atoms with Gasteiger partial charge in [-0.2, -0.15) is 0 Å². The number of rotatable bonds is 5. The lowest BCUT2D eigenvalue weighted by Crippen LogP contribution is -2.07. The molecule has 0 saturated heterocycles. The molecular formula is C23H16BrClN2O3. The predicted molar refractivity (Wildman–Crippen MR) is 123 cm³/mol. The van der Waals surface area contributed by atoms with Gasteiger partial charge in [0.2, 0.25) is 11.8 Å². The fourth-order valence-electron chi connectivity index (χ4n) is 2.85. The van der Waals surface area contributed by atoms with Crippen LogP contribution in [0.5, 0.6) is 5.75 Å². The van der Waals surface area contributed by atoms with Gasteiger partial charge in [0.05, 0.1) is 17.7 Å². The Bertz CT molecular complexity index is 1250. The second-order valence-corrected chi connectivity index (χ2v) is 7.74. The second-order valence-electron chi connectivity index (χ2n) is 6.42. The van der Waals surface area contributed by atoms with Crippen LogP contribution in [-0.4, -0.2) is 18.0 Å². The highest BCUT2D eigenvalue weighted by Crippen LogP contribution is 2.32. The molecule has 0 spiro atoms. The van der Waals surface area contributed by atoms with Crippen LogP contribution in [0.15, 0.2) is 75.6 Å². The molecule has 0 unspecified atom stereocenters. The van der Waals surface area contributed by atoms with E-state index in [0.29, 0.717) is 33.3 Å². The van der Waals surface area contributed by atoms with E-state index in [0.717, 1.165) is 15.8 Å². The smallest absolute Gasteiger partial charge is 0.248 e. The third-order valence-electron chi connectivity index (χ3n) is 4.36. The minimum atomic E-state index is -0.246. The monoisotopic (exact) mass is 482 g/mol. The molecule has 7 heteroatoms. The van der Waals surface area contributed by atoms with E-state index < -0.39 is 0 Å². The molecule has 5 nitrogen and oxygen atoms in total. The SMILES string of the molecule is COc1ccc(C=CC(=O)Nc2ccc3oc(-c4cc(Br)ccc4Cl)nc3c2)cc1. The first-order chi connectivity index (χ1) is 14.5. The lowest BCUT2D eigenvalue weighted by Gasteiger charge is -2.02. The molecule has 1 aromatic heterocycles. The Balaban J connectivity index is 1.51. The van der Waals surface area contributed by atoms with Crippen LogP contribution in [0.3, 0.4) is 0 Å². The minimum absolute atomic E-state index is 0.246. The van der Waals surface area contributed by atoms with Crippen molar-refractivity contribution in [3.8, 4) is 17.2 Å². The van der Waals surface area contributed by atoms with Crippen LogP contribution in [-0.2, 0) is 4.79 Å². The molecule has 0 aliphatic rings. The summed E-state index contributed by atoms with van der Waals surface area (Å²) in [6, 6.07) is 18.2. The summed E-state index contributed by atoms with van der Waals surface area (Å²) in [7, 11) is 1.61. The predicted octanol–water partition coefficient (Wildman–Crippen LogP) is 6.57. The Morgan fingerprint density at radius 2 is 1.93 bits per heavy atom. The summed E-state index contributed by atoms with van der Waals surface area (Å²) in [5.41, 5.74) is 3.43. The standard InChI is InChI=1S/C23H16BrClN2O3/c1-29-17-7-2-14(3-8-17)4-11-22(28)26-16-6-10-21-20(13-16)27-23(30-21)18-12-15(24)5-9-19(18)25/h2-13H,1H3,(H,26,28). The number of oxazole rings is 1. The number of benzene rings is 3. The van der Waals surface area contributed by atoms with Crippen LogP contribution in [0.2, 0.25) is 5.02 Å². The number of amides is 1. The number of carbonyl (C=O) groups excluding carboxylic acids is 1. The first-order valence-electron chi connectivity index (χ1n) is 9.01. The maximum absolute atomic E-state index is 12.3. The van der Waals surface area contributed by atoms with Crippen LogP contribution in [0, 0.1) is 0 Å². The molecule has 3 aromatic carbocycles. The molecule has 0 aliphatic heterocycles. The van der Waals surface area contributed by atoms with E-state index in [-0.39, 0.29) is 5.91 Å². The van der Waals surface area contributed by atoms with Gasteiger partial charge in [-0.05, 0) is 60.2 Å². The molecule has 0 bridgehead atoms. The normalized spacial score (nSPS) is 11.2. The van der Waals surface area contributed by atoms with Gasteiger partial charge in [0.25, 0.3) is 0 Å². The Labute approximate surface area is 186 Å². The molecule has 0 aliphatic carbocycles. The van der Waals surface area contributed by atoms with Crippen molar-refractivity contribution in [3.63, 3.8) is 0 Å². The maximum Gasteiger partial charge on any atom is 0.248 e. The Hall–Kier alpha value is -3.09. The van der Waals surface area contributed by atoms with E-state index in [1.165, 1.54) is 6.08 Å². The zero-order chi connectivity index (χ0) is 21.1. The Morgan fingerprint density at radius 3 is 2.70 bits per heavy atom. The van der Waals surface area contributed by atoms with Crippen LogP contribution in [0.1, 0.15) is 5.56 Å². The first kappa shape index (κ1) is 20.2. The van der Waals surface area contributed by atoms with Gasteiger partial charge in [-0.25, -0.2) is 4.98 Å². The maximum atomic E-state index is 12.3. The average molecular weight is 484 g/mol. The van der Waals surface area contributed by atoms with Gasteiger partial charge in [-0.1, -0.05) is 39.7 Å². The summed E-state index contributed by atoms with van der Waals surface area (Å²) in [5, 5.41) is 3.37. The number of aromatic nitrogens is 1. The van der Waals surface area contributed by atoms with Gasteiger partial charge in [-0.15, -0.1) is 0 Å². The van der Waals surface area contributed by atoms with Gasteiger partial charge >= 0.3 is 0 Å². The number of halogens is 2. The molecule has 4 aromatic rings.